The molecule has 1 amide bonds. The molecule has 4 heteroatoms. The lowest BCUT2D eigenvalue weighted by Crippen LogP contribution is -2.35. The number of nitrogens with zero attached hydrogens (tertiary/aromatic N) is 1. The third kappa shape index (κ3) is 2.04. The van der Waals surface area contributed by atoms with Crippen molar-refractivity contribution in [2.24, 2.45) is 0 Å². The SMILES string of the molecule is O=C1CCCCN1c1cccc(Br)c1F. The van der Waals surface area contributed by atoms with Gasteiger partial charge in [0.15, 0.2) is 5.82 Å². The number of piperidine rings is 1. The van der Waals surface area contributed by atoms with Gasteiger partial charge in [-0.3, -0.25) is 4.79 Å². The summed E-state index contributed by atoms with van der Waals surface area (Å²) < 4.78 is 14.1. The highest BCUT2D eigenvalue weighted by Crippen LogP contribution is 2.28. The maximum absolute atomic E-state index is 13.7. The van der Waals surface area contributed by atoms with Gasteiger partial charge in [-0.25, -0.2) is 4.39 Å². The fourth-order valence-corrected chi connectivity index (χ4v) is 2.12. The van der Waals surface area contributed by atoms with Crippen LogP contribution < -0.4 is 4.90 Å². The fourth-order valence-electron chi connectivity index (χ4n) is 1.76. The summed E-state index contributed by atoms with van der Waals surface area (Å²) in [5.74, 6) is -0.342. The molecule has 1 aromatic rings. The van der Waals surface area contributed by atoms with Crippen LogP contribution in [-0.4, -0.2) is 12.5 Å². The number of rotatable bonds is 1. The van der Waals surface area contributed by atoms with Crippen molar-refractivity contribution < 1.29 is 9.18 Å². The molecule has 80 valence electrons. The molecule has 2 nitrogen and oxygen atoms in total. The van der Waals surface area contributed by atoms with Crippen LogP contribution >= 0.6 is 15.9 Å². The van der Waals surface area contributed by atoms with Crippen LogP contribution in [0.15, 0.2) is 22.7 Å². The first-order chi connectivity index (χ1) is 7.20. The number of carbonyl (C=O) groups is 1. The Bertz CT molecular complexity index is 394. The Balaban J connectivity index is 2.35. The number of hydrogen-bond donors (Lipinski definition) is 0. The van der Waals surface area contributed by atoms with Crippen molar-refractivity contribution in [2.45, 2.75) is 19.3 Å². The van der Waals surface area contributed by atoms with E-state index in [4.69, 9.17) is 0 Å². The van der Waals surface area contributed by atoms with Crippen molar-refractivity contribution >= 4 is 27.5 Å². The molecule has 0 aliphatic carbocycles. The molecule has 1 saturated heterocycles. The van der Waals surface area contributed by atoms with E-state index in [2.05, 4.69) is 15.9 Å². The van der Waals surface area contributed by atoms with Gasteiger partial charge < -0.3 is 4.90 Å². The molecular formula is C11H11BrFNO. The van der Waals surface area contributed by atoms with E-state index in [1.54, 1.807) is 18.2 Å². The van der Waals surface area contributed by atoms with Crippen molar-refractivity contribution in [1.29, 1.82) is 0 Å². The largest absolute Gasteiger partial charge is 0.310 e. The Kier molecular flexibility index (Phi) is 3.05. The lowest BCUT2D eigenvalue weighted by molar-refractivity contribution is -0.119. The lowest BCUT2D eigenvalue weighted by Gasteiger charge is -2.27. The molecule has 1 fully saturated rings. The molecule has 0 spiro atoms. The minimum absolute atomic E-state index is 0.0123. The summed E-state index contributed by atoms with van der Waals surface area (Å²) in [6.45, 7) is 0.617. The molecule has 1 aromatic carbocycles. The highest BCUT2D eigenvalue weighted by molar-refractivity contribution is 9.10. The zero-order valence-corrected chi connectivity index (χ0v) is 9.76. The van der Waals surface area contributed by atoms with Crippen molar-refractivity contribution in [3.63, 3.8) is 0 Å². The second-order valence-electron chi connectivity index (χ2n) is 3.58. The summed E-state index contributed by atoms with van der Waals surface area (Å²) >= 11 is 3.12. The summed E-state index contributed by atoms with van der Waals surface area (Å²) in [5, 5.41) is 0. The molecule has 15 heavy (non-hydrogen) atoms. The number of carbonyl (C=O) groups excluding carboxylic acids is 1. The quantitative estimate of drug-likeness (QED) is 0.769. The van der Waals surface area contributed by atoms with Gasteiger partial charge in [-0.1, -0.05) is 6.07 Å². The van der Waals surface area contributed by atoms with Crippen LogP contribution in [0.4, 0.5) is 10.1 Å². The van der Waals surface area contributed by atoms with E-state index in [0.29, 0.717) is 23.1 Å². The van der Waals surface area contributed by atoms with Gasteiger partial charge in [0, 0.05) is 13.0 Å². The van der Waals surface area contributed by atoms with E-state index in [9.17, 15) is 9.18 Å². The second-order valence-corrected chi connectivity index (χ2v) is 4.43. The first-order valence-electron chi connectivity index (χ1n) is 4.94. The van der Waals surface area contributed by atoms with Gasteiger partial charge >= 0.3 is 0 Å². The lowest BCUT2D eigenvalue weighted by atomic mass is 10.1. The van der Waals surface area contributed by atoms with Gasteiger partial charge in [0.2, 0.25) is 5.91 Å². The van der Waals surface area contributed by atoms with E-state index >= 15 is 0 Å². The fraction of sp³-hybridized carbons (Fsp3) is 0.364. The Labute approximate surface area is 96.2 Å². The molecule has 2 rings (SSSR count). The van der Waals surface area contributed by atoms with Crippen molar-refractivity contribution in [3.05, 3.63) is 28.5 Å². The average molecular weight is 272 g/mol. The topological polar surface area (TPSA) is 20.3 Å². The molecule has 1 heterocycles. The molecule has 0 bridgehead atoms. The number of halogens is 2. The molecule has 0 radical (unpaired) electrons. The summed E-state index contributed by atoms with van der Waals surface area (Å²) in [6, 6.07) is 5.01. The van der Waals surface area contributed by atoms with E-state index in [1.807, 2.05) is 0 Å². The Morgan fingerprint density at radius 2 is 2.13 bits per heavy atom. The number of hydrogen-bond acceptors (Lipinski definition) is 1. The Hall–Kier alpha value is -0.900. The monoisotopic (exact) mass is 271 g/mol. The molecule has 0 N–H and O–H groups in total. The highest BCUT2D eigenvalue weighted by atomic mass is 79.9. The number of anilines is 1. The van der Waals surface area contributed by atoms with Crippen LogP contribution in [0.25, 0.3) is 0 Å². The smallest absolute Gasteiger partial charge is 0.227 e. The third-order valence-corrected chi connectivity index (χ3v) is 3.16. The first kappa shape index (κ1) is 10.6. The van der Waals surface area contributed by atoms with Crippen LogP contribution in [0.2, 0.25) is 0 Å². The van der Waals surface area contributed by atoms with Gasteiger partial charge in [-0.05, 0) is 40.9 Å². The Morgan fingerprint density at radius 3 is 2.87 bits per heavy atom. The first-order valence-corrected chi connectivity index (χ1v) is 5.74. The van der Waals surface area contributed by atoms with E-state index < -0.39 is 0 Å². The normalized spacial score (nSPS) is 16.9. The van der Waals surface area contributed by atoms with Crippen LogP contribution in [0.1, 0.15) is 19.3 Å². The van der Waals surface area contributed by atoms with E-state index in [-0.39, 0.29) is 11.7 Å². The van der Waals surface area contributed by atoms with Crippen LogP contribution in [0.3, 0.4) is 0 Å². The Morgan fingerprint density at radius 1 is 1.33 bits per heavy atom. The zero-order valence-electron chi connectivity index (χ0n) is 8.17. The zero-order chi connectivity index (χ0) is 10.8. The number of benzene rings is 1. The molecule has 0 aromatic heterocycles. The van der Waals surface area contributed by atoms with Crippen LogP contribution in [-0.2, 0) is 4.79 Å². The maximum Gasteiger partial charge on any atom is 0.227 e. The molecule has 1 aliphatic heterocycles. The van der Waals surface area contributed by atoms with E-state index in [0.717, 1.165) is 12.8 Å². The van der Waals surface area contributed by atoms with Crippen molar-refractivity contribution in [1.82, 2.24) is 0 Å². The summed E-state index contributed by atoms with van der Waals surface area (Å²) in [7, 11) is 0. The maximum atomic E-state index is 13.7. The molecule has 0 saturated carbocycles. The van der Waals surface area contributed by atoms with Gasteiger partial charge in [0.1, 0.15) is 0 Å². The van der Waals surface area contributed by atoms with Crippen molar-refractivity contribution in [2.75, 3.05) is 11.4 Å². The van der Waals surface area contributed by atoms with Gasteiger partial charge in [-0.2, -0.15) is 0 Å². The minimum atomic E-state index is -0.354. The van der Waals surface area contributed by atoms with Crippen LogP contribution in [0, 0.1) is 5.82 Å². The van der Waals surface area contributed by atoms with Crippen molar-refractivity contribution in [3.8, 4) is 0 Å². The molecular weight excluding hydrogens is 261 g/mol. The predicted molar refractivity (Wildman–Crippen MR) is 60.3 cm³/mol. The second kappa shape index (κ2) is 4.31. The minimum Gasteiger partial charge on any atom is -0.310 e. The van der Waals surface area contributed by atoms with E-state index in [1.165, 1.54) is 4.90 Å². The molecule has 1 aliphatic rings. The molecule has 0 unspecified atom stereocenters. The number of amides is 1. The van der Waals surface area contributed by atoms with Gasteiger partial charge in [0.25, 0.3) is 0 Å². The predicted octanol–water partition coefficient (Wildman–Crippen LogP) is 3.11. The van der Waals surface area contributed by atoms with Gasteiger partial charge in [0.05, 0.1) is 10.2 Å². The highest BCUT2D eigenvalue weighted by Gasteiger charge is 2.22. The summed E-state index contributed by atoms with van der Waals surface area (Å²) in [5.41, 5.74) is 0.383. The van der Waals surface area contributed by atoms with Gasteiger partial charge in [-0.15, -0.1) is 0 Å². The summed E-state index contributed by atoms with van der Waals surface area (Å²) in [6.07, 6.45) is 2.37. The third-order valence-electron chi connectivity index (χ3n) is 2.55. The summed E-state index contributed by atoms with van der Waals surface area (Å²) in [4.78, 5) is 13.1. The average Bonchev–Trinajstić information content (AvgIpc) is 2.23. The standard InChI is InChI=1S/C11H11BrFNO/c12-8-4-3-5-9(11(8)13)14-7-2-1-6-10(14)15/h3-5H,1-2,6-7H2. The van der Waals surface area contributed by atoms with Crippen LogP contribution in [0.5, 0.6) is 0 Å². The molecule has 0 atom stereocenters.